The highest BCUT2D eigenvalue weighted by molar-refractivity contribution is 5.08. The van der Waals surface area contributed by atoms with Gasteiger partial charge in [-0.3, -0.25) is 0 Å². The number of hydrogen-bond donors (Lipinski definition) is 1. The van der Waals surface area contributed by atoms with Crippen molar-refractivity contribution in [2.75, 3.05) is 6.54 Å². The van der Waals surface area contributed by atoms with Gasteiger partial charge in [-0.15, -0.1) is 0 Å². The molecule has 1 spiro atoms. The molecule has 2 aliphatic carbocycles. The fourth-order valence-electron chi connectivity index (χ4n) is 3.53. The zero-order chi connectivity index (χ0) is 8.73. The van der Waals surface area contributed by atoms with Crippen LogP contribution in [0, 0.1) is 11.3 Å². The van der Waals surface area contributed by atoms with E-state index in [1.54, 1.807) is 0 Å². The van der Waals surface area contributed by atoms with E-state index in [1.165, 1.54) is 57.9 Å². The molecule has 0 aromatic heterocycles. The number of hydrogen-bond acceptors (Lipinski definition) is 1. The summed E-state index contributed by atoms with van der Waals surface area (Å²) in [5, 5.41) is 3.70. The molecule has 1 heterocycles. The molecule has 0 aromatic rings. The van der Waals surface area contributed by atoms with E-state index in [2.05, 4.69) is 5.32 Å². The van der Waals surface area contributed by atoms with E-state index in [-0.39, 0.29) is 0 Å². The van der Waals surface area contributed by atoms with Crippen LogP contribution in [0.25, 0.3) is 0 Å². The summed E-state index contributed by atoms with van der Waals surface area (Å²) in [6.07, 6.45) is 12.1. The van der Waals surface area contributed by atoms with Crippen LogP contribution in [0.15, 0.2) is 0 Å². The average molecular weight is 179 g/mol. The lowest BCUT2D eigenvalue weighted by molar-refractivity contribution is 0.0477. The molecule has 3 rings (SSSR count). The van der Waals surface area contributed by atoms with Gasteiger partial charge in [0, 0.05) is 12.6 Å². The molecule has 0 radical (unpaired) electrons. The van der Waals surface area contributed by atoms with Gasteiger partial charge in [0.15, 0.2) is 0 Å². The van der Waals surface area contributed by atoms with Crippen molar-refractivity contribution in [2.45, 2.75) is 57.4 Å². The average Bonchev–Trinajstić information content (AvgIpc) is 2.86. The van der Waals surface area contributed by atoms with Gasteiger partial charge in [0.05, 0.1) is 0 Å². The van der Waals surface area contributed by atoms with Gasteiger partial charge in [-0.05, 0) is 37.0 Å². The molecule has 0 aromatic carbocycles. The molecular formula is C12H21N. The zero-order valence-electron chi connectivity index (χ0n) is 8.52. The van der Waals surface area contributed by atoms with Gasteiger partial charge in [0.25, 0.3) is 0 Å². The predicted octanol–water partition coefficient (Wildman–Crippen LogP) is 2.71. The Hall–Kier alpha value is -0.0400. The Kier molecular flexibility index (Phi) is 1.90. The minimum Gasteiger partial charge on any atom is -0.312 e. The summed E-state index contributed by atoms with van der Waals surface area (Å²) < 4.78 is 0. The monoisotopic (exact) mass is 179 g/mol. The third-order valence-electron chi connectivity index (χ3n) is 4.53. The second kappa shape index (κ2) is 2.98. The van der Waals surface area contributed by atoms with Crippen molar-refractivity contribution < 1.29 is 0 Å². The molecule has 1 nitrogen and oxygen atoms in total. The largest absolute Gasteiger partial charge is 0.312 e. The van der Waals surface area contributed by atoms with Crippen LogP contribution in [0.4, 0.5) is 0 Å². The molecule has 74 valence electrons. The van der Waals surface area contributed by atoms with Crippen molar-refractivity contribution in [3.05, 3.63) is 0 Å². The molecule has 1 aliphatic heterocycles. The first-order valence-corrected chi connectivity index (χ1v) is 6.14. The fraction of sp³-hybridized carbons (Fsp3) is 1.00. The summed E-state index contributed by atoms with van der Waals surface area (Å²) in [6.45, 7) is 1.34. The zero-order valence-corrected chi connectivity index (χ0v) is 8.52. The topological polar surface area (TPSA) is 12.0 Å². The van der Waals surface area contributed by atoms with E-state index < -0.39 is 0 Å². The molecular weight excluding hydrogens is 158 g/mol. The second-order valence-corrected chi connectivity index (χ2v) is 5.47. The summed E-state index contributed by atoms with van der Waals surface area (Å²) in [5.74, 6) is 1.08. The Bertz CT molecular complexity index is 187. The second-order valence-electron chi connectivity index (χ2n) is 5.47. The first-order valence-electron chi connectivity index (χ1n) is 6.14. The normalized spacial score (nSPS) is 38.3. The lowest BCUT2D eigenvalue weighted by atomic mass is 9.66. The van der Waals surface area contributed by atoms with Gasteiger partial charge < -0.3 is 5.32 Å². The lowest BCUT2D eigenvalue weighted by Crippen LogP contribution is -2.63. The third kappa shape index (κ3) is 1.32. The van der Waals surface area contributed by atoms with E-state index in [0.717, 1.165) is 17.4 Å². The molecule has 0 bridgehead atoms. The summed E-state index contributed by atoms with van der Waals surface area (Å²) in [7, 11) is 0. The maximum Gasteiger partial charge on any atom is 0.0164 e. The van der Waals surface area contributed by atoms with Crippen molar-refractivity contribution >= 4 is 0 Å². The minimum atomic E-state index is 0.775. The van der Waals surface area contributed by atoms with E-state index in [1.807, 2.05) is 0 Å². The van der Waals surface area contributed by atoms with Crippen molar-refractivity contribution in [1.29, 1.82) is 0 Å². The molecule has 1 N–H and O–H groups in total. The first-order chi connectivity index (χ1) is 6.41. The third-order valence-corrected chi connectivity index (χ3v) is 4.53. The van der Waals surface area contributed by atoms with Gasteiger partial charge in [0.2, 0.25) is 0 Å². The van der Waals surface area contributed by atoms with Gasteiger partial charge in [-0.1, -0.05) is 25.7 Å². The Balaban J connectivity index is 1.70. The van der Waals surface area contributed by atoms with E-state index in [0.29, 0.717) is 0 Å². The summed E-state index contributed by atoms with van der Waals surface area (Å²) in [4.78, 5) is 0. The van der Waals surface area contributed by atoms with Crippen LogP contribution in [0.2, 0.25) is 0 Å². The highest BCUT2D eigenvalue weighted by Gasteiger charge is 2.52. The van der Waals surface area contributed by atoms with Crippen LogP contribution in [0.1, 0.15) is 51.4 Å². The number of nitrogens with one attached hydrogen (secondary N) is 1. The van der Waals surface area contributed by atoms with Crippen molar-refractivity contribution in [1.82, 2.24) is 5.32 Å². The molecule has 1 saturated heterocycles. The molecule has 1 unspecified atom stereocenters. The molecule has 0 amide bonds. The first kappa shape index (κ1) is 8.28. The van der Waals surface area contributed by atoms with Crippen LogP contribution in [0.3, 0.4) is 0 Å². The molecule has 13 heavy (non-hydrogen) atoms. The summed E-state index contributed by atoms with van der Waals surface area (Å²) in [6, 6.07) is 0.936. The molecule has 1 heteroatoms. The molecule has 3 aliphatic rings. The number of rotatable bonds is 1. The maximum atomic E-state index is 3.70. The SMILES string of the molecule is C1CCCC2(CC1)CNC2C1CC1. The Morgan fingerprint density at radius 3 is 2.08 bits per heavy atom. The van der Waals surface area contributed by atoms with Crippen LogP contribution in [0.5, 0.6) is 0 Å². The minimum absolute atomic E-state index is 0.775. The Morgan fingerprint density at radius 1 is 0.923 bits per heavy atom. The quantitative estimate of drug-likeness (QED) is 0.652. The van der Waals surface area contributed by atoms with Crippen LogP contribution >= 0.6 is 0 Å². The highest BCUT2D eigenvalue weighted by atomic mass is 15.1. The molecule has 2 saturated carbocycles. The standard InChI is InChI=1S/C12H21N/c1-2-4-8-12(7-3-1)9-13-11(12)10-5-6-10/h10-11,13H,1-9H2. The van der Waals surface area contributed by atoms with E-state index in [4.69, 9.17) is 0 Å². The van der Waals surface area contributed by atoms with Crippen molar-refractivity contribution in [2.24, 2.45) is 11.3 Å². The van der Waals surface area contributed by atoms with Crippen LogP contribution < -0.4 is 5.32 Å². The van der Waals surface area contributed by atoms with Crippen LogP contribution in [-0.2, 0) is 0 Å². The maximum absolute atomic E-state index is 3.70. The van der Waals surface area contributed by atoms with E-state index >= 15 is 0 Å². The van der Waals surface area contributed by atoms with Gasteiger partial charge in [0.1, 0.15) is 0 Å². The van der Waals surface area contributed by atoms with E-state index in [9.17, 15) is 0 Å². The summed E-state index contributed by atoms with van der Waals surface area (Å²) >= 11 is 0. The molecule has 3 fully saturated rings. The van der Waals surface area contributed by atoms with Gasteiger partial charge in [-0.25, -0.2) is 0 Å². The van der Waals surface area contributed by atoms with Crippen LogP contribution in [-0.4, -0.2) is 12.6 Å². The van der Waals surface area contributed by atoms with Gasteiger partial charge in [-0.2, -0.15) is 0 Å². The van der Waals surface area contributed by atoms with Crippen molar-refractivity contribution in [3.63, 3.8) is 0 Å². The fourth-order valence-corrected chi connectivity index (χ4v) is 3.53. The Morgan fingerprint density at radius 2 is 1.62 bits per heavy atom. The van der Waals surface area contributed by atoms with Gasteiger partial charge >= 0.3 is 0 Å². The lowest BCUT2D eigenvalue weighted by Gasteiger charge is -2.51. The smallest absolute Gasteiger partial charge is 0.0164 e. The predicted molar refractivity (Wildman–Crippen MR) is 54.6 cm³/mol. The summed E-state index contributed by atoms with van der Waals surface area (Å²) in [5.41, 5.74) is 0.775. The Labute approximate surface area is 81.3 Å². The van der Waals surface area contributed by atoms with Crippen molar-refractivity contribution in [3.8, 4) is 0 Å². The highest BCUT2D eigenvalue weighted by Crippen LogP contribution is 2.51. The molecule has 1 atom stereocenters.